The quantitative estimate of drug-likeness (QED) is 0.0909. The Hall–Kier alpha value is -4.62. The number of fused-ring (bicyclic) bond motifs is 1. The van der Waals surface area contributed by atoms with E-state index in [1.54, 1.807) is 0 Å². The minimum absolute atomic E-state index is 0.0265. The monoisotopic (exact) mass is 632 g/mol. The standard InChI is InChI=1S/C40H48N4O3/c1-4-7-26-44-38-28-36(46-27-14-25-42(5-2)6-3)23-24-37(38)41-39(44)30-43(40(45)34-17-12-9-13-18-34)29-32-19-21-35(22-20-32)47-31-33-15-10-8-11-16-33/h8-13,15-24,28H,4-7,14,25-27,29-31H2,1-3H3. The van der Waals surface area contributed by atoms with E-state index in [1.165, 1.54) is 0 Å². The van der Waals surface area contributed by atoms with Gasteiger partial charge in [0.05, 0.1) is 24.2 Å². The van der Waals surface area contributed by atoms with Crippen molar-refractivity contribution in [3.8, 4) is 11.5 Å². The first-order valence-corrected chi connectivity index (χ1v) is 17.0. The molecule has 0 spiro atoms. The van der Waals surface area contributed by atoms with Crippen molar-refractivity contribution in [1.29, 1.82) is 0 Å². The Morgan fingerprint density at radius 3 is 2.15 bits per heavy atom. The number of rotatable bonds is 18. The second-order valence-electron chi connectivity index (χ2n) is 11.9. The summed E-state index contributed by atoms with van der Waals surface area (Å²) >= 11 is 0. The van der Waals surface area contributed by atoms with Crippen LogP contribution >= 0.6 is 0 Å². The Morgan fingerprint density at radius 2 is 1.45 bits per heavy atom. The van der Waals surface area contributed by atoms with Crippen molar-refractivity contribution in [2.75, 3.05) is 26.2 Å². The predicted molar refractivity (Wildman–Crippen MR) is 190 cm³/mol. The van der Waals surface area contributed by atoms with E-state index in [2.05, 4.69) is 48.4 Å². The summed E-state index contributed by atoms with van der Waals surface area (Å²) in [4.78, 5) is 23.3. The summed E-state index contributed by atoms with van der Waals surface area (Å²) in [5, 5.41) is 0. The summed E-state index contributed by atoms with van der Waals surface area (Å²) in [5.74, 6) is 2.50. The fourth-order valence-corrected chi connectivity index (χ4v) is 5.73. The van der Waals surface area contributed by atoms with Crippen molar-refractivity contribution < 1.29 is 14.3 Å². The lowest BCUT2D eigenvalue weighted by Gasteiger charge is -2.23. The summed E-state index contributed by atoms with van der Waals surface area (Å²) in [6.45, 7) is 12.6. The summed E-state index contributed by atoms with van der Waals surface area (Å²) in [7, 11) is 0. The van der Waals surface area contributed by atoms with Gasteiger partial charge in [-0.1, -0.05) is 87.9 Å². The van der Waals surface area contributed by atoms with Crippen LogP contribution in [0.4, 0.5) is 0 Å². The van der Waals surface area contributed by atoms with Gasteiger partial charge in [-0.05, 0) is 73.5 Å². The maximum atomic E-state index is 14.0. The zero-order valence-electron chi connectivity index (χ0n) is 28.1. The first-order chi connectivity index (χ1) is 23.1. The van der Waals surface area contributed by atoms with E-state index in [9.17, 15) is 4.79 Å². The van der Waals surface area contributed by atoms with E-state index >= 15 is 0 Å². The normalized spacial score (nSPS) is 11.2. The molecule has 0 radical (unpaired) electrons. The molecule has 7 nitrogen and oxygen atoms in total. The molecular formula is C40H48N4O3. The molecule has 0 saturated heterocycles. The van der Waals surface area contributed by atoms with Crippen LogP contribution in [0.15, 0.2) is 103 Å². The minimum Gasteiger partial charge on any atom is -0.493 e. The molecular weight excluding hydrogens is 584 g/mol. The third-order valence-corrected chi connectivity index (χ3v) is 8.50. The molecule has 0 N–H and O–H groups in total. The van der Waals surface area contributed by atoms with Gasteiger partial charge in [-0.25, -0.2) is 4.98 Å². The number of aromatic nitrogens is 2. The van der Waals surface area contributed by atoms with Gasteiger partial charge in [0, 0.05) is 31.3 Å². The Bertz CT molecular complexity index is 1670. The zero-order chi connectivity index (χ0) is 32.8. The molecule has 246 valence electrons. The summed E-state index contributed by atoms with van der Waals surface area (Å²) in [6.07, 6.45) is 3.06. The largest absolute Gasteiger partial charge is 0.493 e. The van der Waals surface area contributed by atoms with Gasteiger partial charge < -0.3 is 23.8 Å². The van der Waals surface area contributed by atoms with Gasteiger partial charge in [0.15, 0.2) is 0 Å². The lowest BCUT2D eigenvalue weighted by molar-refractivity contribution is 0.0723. The van der Waals surface area contributed by atoms with E-state index in [1.807, 2.05) is 89.8 Å². The molecule has 7 heteroatoms. The maximum Gasteiger partial charge on any atom is 0.254 e. The molecule has 0 aliphatic heterocycles. The van der Waals surface area contributed by atoms with Gasteiger partial charge in [-0.15, -0.1) is 0 Å². The van der Waals surface area contributed by atoms with Gasteiger partial charge in [-0.2, -0.15) is 0 Å². The Labute approximate surface area is 279 Å². The highest BCUT2D eigenvalue weighted by molar-refractivity contribution is 5.94. The lowest BCUT2D eigenvalue weighted by atomic mass is 10.1. The van der Waals surface area contributed by atoms with Crippen molar-refractivity contribution in [1.82, 2.24) is 19.4 Å². The van der Waals surface area contributed by atoms with Gasteiger partial charge in [0.1, 0.15) is 23.9 Å². The molecule has 0 aliphatic rings. The number of ether oxygens (including phenoxy) is 2. The summed E-state index contributed by atoms with van der Waals surface area (Å²) < 4.78 is 14.5. The number of nitrogens with zero attached hydrogens (tertiary/aromatic N) is 4. The number of unbranched alkanes of at least 4 members (excludes halogenated alkanes) is 1. The van der Waals surface area contributed by atoms with Crippen LogP contribution in [0.2, 0.25) is 0 Å². The highest BCUT2D eigenvalue weighted by atomic mass is 16.5. The van der Waals surface area contributed by atoms with Crippen LogP contribution in [0.3, 0.4) is 0 Å². The summed E-state index contributed by atoms with van der Waals surface area (Å²) in [6, 6.07) is 33.8. The molecule has 47 heavy (non-hydrogen) atoms. The number of hydrogen-bond donors (Lipinski definition) is 0. The predicted octanol–water partition coefficient (Wildman–Crippen LogP) is 8.37. The molecule has 1 heterocycles. The second-order valence-corrected chi connectivity index (χ2v) is 11.9. The van der Waals surface area contributed by atoms with Crippen LogP contribution < -0.4 is 9.47 Å². The van der Waals surface area contributed by atoms with Gasteiger partial charge in [0.25, 0.3) is 5.91 Å². The number of benzene rings is 4. The third kappa shape index (κ3) is 9.46. The molecule has 0 atom stereocenters. The molecule has 5 aromatic rings. The fraction of sp³-hybridized carbons (Fsp3) is 0.350. The van der Waals surface area contributed by atoms with Crippen LogP contribution in [-0.2, 0) is 26.2 Å². The Morgan fingerprint density at radius 1 is 0.745 bits per heavy atom. The minimum atomic E-state index is -0.0265. The Balaban J connectivity index is 1.35. The first-order valence-electron chi connectivity index (χ1n) is 17.0. The van der Waals surface area contributed by atoms with E-state index in [4.69, 9.17) is 14.5 Å². The molecule has 4 aromatic carbocycles. The molecule has 0 aliphatic carbocycles. The molecule has 1 amide bonds. The molecule has 0 fully saturated rings. The Kier molecular flexibility index (Phi) is 12.4. The fourth-order valence-electron chi connectivity index (χ4n) is 5.73. The number of hydrogen-bond acceptors (Lipinski definition) is 5. The zero-order valence-corrected chi connectivity index (χ0v) is 28.1. The third-order valence-electron chi connectivity index (χ3n) is 8.50. The molecule has 0 saturated carbocycles. The van der Waals surface area contributed by atoms with Crippen LogP contribution in [-0.4, -0.2) is 51.5 Å². The van der Waals surface area contributed by atoms with Gasteiger partial charge >= 0.3 is 0 Å². The molecule has 0 bridgehead atoms. The number of imidazole rings is 1. The first kappa shape index (κ1) is 33.7. The van der Waals surface area contributed by atoms with Crippen LogP contribution in [0, 0.1) is 0 Å². The van der Waals surface area contributed by atoms with Crippen molar-refractivity contribution in [2.24, 2.45) is 0 Å². The van der Waals surface area contributed by atoms with Crippen LogP contribution in [0.1, 0.15) is 67.3 Å². The SMILES string of the molecule is CCCCn1c(CN(Cc2ccc(OCc3ccccc3)cc2)C(=O)c2ccccc2)nc2ccc(OCCCN(CC)CC)cc21. The van der Waals surface area contributed by atoms with Crippen LogP contribution in [0.25, 0.3) is 11.0 Å². The maximum absolute atomic E-state index is 14.0. The van der Waals surface area contributed by atoms with Crippen molar-refractivity contribution in [3.63, 3.8) is 0 Å². The number of carbonyl (C=O) groups is 1. The number of carbonyl (C=O) groups excluding carboxylic acids is 1. The van der Waals surface area contributed by atoms with E-state index < -0.39 is 0 Å². The van der Waals surface area contributed by atoms with Gasteiger partial charge in [0.2, 0.25) is 0 Å². The highest BCUT2D eigenvalue weighted by Crippen LogP contribution is 2.25. The number of aryl methyl sites for hydroxylation is 1. The van der Waals surface area contributed by atoms with E-state index in [0.29, 0.717) is 31.9 Å². The molecule has 1 aromatic heterocycles. The average Bonchev–Trinajstić information content (AvgIpc) is 3.46. The van der Waals surface area contributed by atoms with Crippen LogP contribution in [0.5, 0.6) is 11.5 Å². The second kappa shape index (κ2) is 17.3. The topological polar surface area (TPSA) is 59.8 Å². The number of amides is 1. The summed E-state index contributed by atoms with van der Waals surface area (Å²) in [5.41, 5.74) is 4.77. The molecule has 0 unspecified atom stereocenters. The van der Waals surface area contributed by atoms with Crippen molar-refractivity contribution in [2.45, 2.75) is 66.3 Å². The highest BCUT2D eigenvalue weighted by Gasteiger charge is 2.21. The van der Waals surface area contributed by atoms with E-state index in [-0.39, 0.29) is 5.91 Å². The smallest absolute Gasteiger partial charge is 0.254 e. The average molecular weight is 633 g/mol. The lowest BCUT2D eigenvalue weighted by Crippen LogP contribution is -2.31. The van der Waals surface area contributed by atoms with Gasteiger partial charge in [-0.3, -0.25) is 4.79 Å². The van der Waals surface area contributed by atoms with Crippen molar-refractivity contribution >= 4 is 16.9 Å². The van der Waals surface area contributed by atoms with Crippen molar-refractivity contribution in [3.05, 3.63) is 126 Å². The van der Waals surface area contributed by atoms with E-state index in [0.717, 1.165) is 84.9 Å². The molecule has 5 rings (SSSR count).